The van der Waals surface area contributed by atoms with Crippen LogP contribution in [0.4, 0.5) is 0 Å². The zero-order valence-electron chi connectivity index (χ0n) is 3.51. The van der Waals surface area contributed by atoms with Gasteiger partial charge in [-0.15, -0.1) is 0 Å². The van der Waals surface area contributed by atoms with Crippen molar-refractivity contribution in [3.63, 3.8) is 0 Å². The van der Waals surface area contributed by atoms with Gasteiger partial charge in [0.25, 0.3) is 0 Å². The van der Waals surface area contributed by atoms with Crippen LogP contribution in [-0.2, 0) is 16.2 Å². The predicted molar refractivity (Wildman–Crippen MR) is 23.5 cm³/mol. The summed E-state index contributed by atoms with van der Waals surface area (Å²) in [7, 11) is 0. The molecule has 0 spiro atoms. The van der Waals surface area contributed by atoms with Gasteiger partial charge < -0.3 is 0 Å². The summed E-state index contributed by atoms with van der Waals surface area (Å²) in [6, 6.07) is 0. The van der Waals surface area contributed by atoms with Gasteiger partial charge in [-0.1, -0.05) is 0 Å². The Kier molecular flexibility index (Phi) is 4.68. The second-order valence-electron chi connectivity index (χ2n) is 0.526. The number of hydrogen-bond donors (Lipinski definition) is 0. The topological polar surface area (TPSA) is 0 Å². The van der Waals surface area contributed by atoms with Gasteiger partial charge >= 0.3 is 39.3 Å². The fourth-order valence-electron chi connectivity index (χ4n) is 0.118. The maximum atomic E-state index is 2.22. The zero-order chi connectivity index (χ0) is 4.12. The van der Waals surface area contributed by atoms with E-state index in [-0.39, 0.29) is 0 Å². The summed E-state index contributed by atoms with van der Waals surface area (Å²) in [5, 5.41) is 0. The van der Waals surface area contributed by atoms with Gasteiger partial charge in [0.15, 0.2) is 0 Å². The van der Waals surface area contributed by atoms with Gasteiger partial charge in [-0.05, 0) is 0 Å². The molecule has 0 amide bonds. The second kappa shape index (κ2) is 4.36. The molecule has 0 saturated carbocycles. The third kappa shape index (κ3) is 4.36. The van der Waals surface area contributed by atoms with E-state index in [1.807, 2.05) is 0 Å². The molecule has 5 heavy (non-hydrogen) atoms. The van der Waals surface area contributed by atoms with E-state index in [2.05, 4.69) is 23.1 Å². The molecule has 0 radical (unpaired) electrons. The summed E-state index contributed by atoms with van der Waals surface area (Å²) in [6.45, 7) is 4.19. The minimum atomic E-state index is 0.519. The molecule has 0 aromatic carbocycles. The molecule has 0 nitrogen and oxygen atoms in total. The van der Waals surface area contributed by atoms with Crippen LogP contribution >= 0.6 is 0 Å². The molecule has 32 valence electrons. The Balaban J connectivity index is 3.26. The van der Waals surface area contributed by atoms with Crippen LogP contribution in [-0.4, -0.2) is 9.22 Å². The first kappa shape index (κ1) is 5.36. The van der Waals surface area contributed by atoms with Gasteiger partial charge in [-0.25, -0.2) is 0 Å². The van der Waals surface area contributed by atoms with E-state index >= 15 is 0 Å². The van der Waals surface area contributed by atoms with Crippen molar-refractivity contribution in [2.24, 2.45) is 0 Å². The Morgan fingerprint density at radius 2 is 1.60 bits per heavy atom. The van der Waals surface area contributed by atoms with Crippen LogP contribution in [0.25, 0.3) is 0 Å². The third-order valence-corrected chi connectivity index (χ3v) is 1.39. The van der Waals surface area contributed by atoms with Crippen LogP contribution < -0.4 is 0 Å². The van der Waals surface area contributed by atoms with Gasteiger partial charge in [-0.2, -0.15) is 0 Å². The van der Waals surface area contributed by atoms with Crippen LogP contribution in [0.15, 0.2) is 0 Å². The van der Waals surface area contributed by atoms with Crippen LogP contribution in [0.1, 0.15) is 13.8 Å². The molecule has 0 aliphatic carbocycles. The third-order valence-electron chi connectivity index (χ3n) is 0.236. The van der Waals surface area contributed by atoms with E-state index in [1.165, 1.54) is 0 Å². The Labute approximate surface area is 39.8 Å². The van der Waals surface area contributed by atoms with Crippen LogP contribution in [0.3, 0.4) is 0 Å². The summed E-state index contributed by atoms with van der Waals surface area (Å²) < 4.78 is 4.43. The molecule has 0 aromatic heterocycles. The Bertz CT molecular complexity index is 52.0. The summed E-state index contributed by atoms with van der Waals surface area (Å²) in [5.74, 6) is 0. The summed E-state index contributed by atoms with van der Waals surface area (Å²) in [4.78, 5) is 0. The van der Waals surface area contributed by atoms with Crippen molar-refractivity contribution in [1.82, 2.24) is 0 Å². The Hall–Kier alpha value is 0.363. The second-order valence-corrected chi connectivity index (χ2v) is 3.11. The maximum absolute atomic E-state index is 2.22. The summed E-state index contributed by atoms with van der Waals surface area (Å²) >= 11 is 0.519. The molecule has 0 aromatic rings. The van der Waals surface area contributed by atoms with Crippen molar-refractivity contribution in [3.8, 4) is 0 Å². The number of rotatable bonds is 0. The minimum absolute atomic E-state index is 0.519. The summed E-state index contributed by atoms with van der Waals surface area (Å²) in [6.07, 6.45) is 0. The van der Waals surface area contributed by atoms with E-state index in [4.69, 9.17) is 0 Å². The molecule has 0 bridgehead atoms. The Morgan fingerprint density at radius 3 is 1.60 bits per heavy atom. The molecule has 0 fully saturated rings. The zero-order valence-corrected chi connectivity index (χ0v) is 5.25. The first-order valence-electron chi connectivity index (χ1n) is 1.56. The quantitative estimate of drug-likeness (QED) is 0.454. The van der Waals surface area contributed by atoms with Crippen molar-refractivity contribution in [1.29, 1.82) is 0 Å². The number of hydrogen-bond acceptors (Lipinski definition) is 0. The molecular weight excluding hydrogens is 149 g/mol. The van der Waals surface area contributed by atoms with Crippen molar-refractivity contribution in [3.05, 3.63) is 0 Å². The van der Waals surface area contributed by atoms with E-state index in [0.29, 0.717) is 16.2 Å². The SMILES string of the molecule is C[CH]=[Ru]=[CH]C. The molecule has 0 heterocycles. The van der Waals surface area contributed by atoms with Crippen LogP contribution in [0.2, 0.25) is 0 Å². The molecule has 0 unspecified atom stereocenters. The first-order valence-corrected chi connectivity index (χ1v) is 3.57. The normalized spacial score (nSPS) is 6.80. The van der Waals surface area contributed by atoms with E-state index < -0.39 is 0 Å². The average molecular weight is 157 g/mol. The molecule has 0 aliphatic heterocycles. The van der Waals surface area contributed by atoms with E-state index in [9.17, 15) is 0 Å². The molecule has 0 atom stereocenters. The van der Waals surface area contributed by atoms with Crippen molar-refractivity contribution < 1.29 is 16.2 Å². The molecule has 0 aliphatic rings. The molecule has 0 rings (SSSR count). The fraction of sp³-hybridized carbons (Fsp3) is 0.500. The molecule has 0 N–H and O–H groups in total. The molecule has 1 heteroatoms. The Morgan fingerprint density at radius 1 is 1.20 bits per heavy atom. The van der Waals surface area contributed by atoms with E-state index in [0.717, 1.165) is 0 Å². The van der Waals surface area contributed by atoms with Crippen molar-refractivity contribution >= 4 is 9.22 Å². The monoisotopic (exact) mass is 158 g/mol. The van der Waals surface area contributed by atoms with Gasteiger partial charge in [0.1, 0.15) is 0 Å². The fourth-order valence-corrected chi connectivity index (χ4v) is 0.697. The van der Waals surface area contributed by atoms with Gasteiger partial charge in [0.2, 0.25) is 0 Å². The van der Waals surface area contributed by atoms with Gasteiger partial charge in [0.05, 0.1) is 0 Å². The molecule has 0 saturated heterocycles. The van der Waals surface area contributed by atoms with Crippen molar-refractivity contribution in [2.75, 3.05) is 0 Å². The van der Waals surface area contributed by atoms with Gasteiger partial charge in [0, 0.05) is 0 Å². The van der Waals surface area contributed by atoms with E-state index in [1.54, 1.807) is 0 Å². The van der Waals surface area contributed by atoms with Gasteiger partial charge in [-0.3, -0.25) is 0 Å². The molecular formula is C4H8Ru. The van der Waals surface area contributed by atoms with Crippen LogP contribution in [0, 0.1) is 0 Å². The summed E-state index contributed by atoms with van der Waals surface area (Å²) in [5.41, 5.74) is 0. The first-order chi connectivity index (χ1) is 2.41. The average Bonchev–Trinajstić information content (AvgIpc) is 1.41. The van der Waals surface area contributed by atoms with Crippen molar-refractivity contribution in [2.45, 2.75) is 13.8 Å². The standard InChI is InChI=1S/2C2H4.Ru/c2*1-2;/h2*1H,2H3;. The predicted octanol–water partition coefficient (Wildman–Crippen LogP) is 0.713. The van der Waals surface area contributed by atoms with Crippen LogP contribution in [0.5, 0.6) is 0 Å².